The summed E-state index contributed by atoms with van der Waals surface area (Å²) in [5.74, 6) is -1.64. The summed E-state index contributed by atoms with van der Waals surface area (Å²) in [6.07, 6.45) is 0.351. The van der Waals surface area contributed by atoms with Gasteiger partial charge in [0.2, 0.25) is 0 Å². The summed E-state index contributed by atoms with van der Waals surface area (Å²) in [6, 6.07) is 1.76. The first-order valence-electron chi connectivity index (χ1n) is 3.43. The van der Waals surface area contributed by atoms with Crippen molar-refractivity contribution in [3.8, 4) is 5.75 Å². The maximum absolute atomic E-state index is 12.6. The number of halogens is 2. The van der Waals surface area contributed by atoms with Gasteiger partial charge in [0.05, 0.1) is 0 Å². The molecule has 0 spiro atoms. The van der Waals surface area contributed by atoms with Gasteiger partial charge in [-0.05, 0) is 18.2 Å². The Morgan fingerprint density at radius 1 is 1.33 bits per heavy atom. The molecule has 0 atom stereocenters. The Hall–Kier alpha value is -0.770. The van der Waals surface area contributed by atoms with Crippen LogP contribution in [0.1, 0.15) is 5.56 Å². The molecule has 1 aromatic carbocycles. The largest absolute Gasteiger partial charge is 0.505 e. The number of aryl methyl sites for hydroxylation is 1. The summed E-state index contributed by atoms with van der Waals surface area (Å²) in [7, 11) is 0. The van der Waals surface area contributed by atoms with Gasteiger partial charge >= 0.3 is 0 Å². The molecule has 0 saturated heterocycles. The molecule has 4 heteroatoms. The Balaban J connectivity index is 3.09. The first-order valence-corrected chi connectivity index (χ1v) is 4.06. The Bertz CT molecular complexity index is 289. The van der Waals surface area contributed by atoms with Gasteiger partial charge < -0.3 is 5.11 Å². The van der Waals surface area contributed by atoms with Crippen molar-refractivity contribution >= 4 is 12.6 Å². The minimum Gasteiger partial charge on any atom is -0.505 e. The number of benzene rings is 1. The first-order chi connectivity index (χ1) is 5.65. The van der Waals surface area contributed by atoms with Gasteiger partial charge in [0.1, 0.15) is 5.82 Å². The third-order valence-electron chi connectivity index (χ3n) is 1.49. The maximum Gasteiger partial charge on any atom is 0.168 e. The van der Waals surface area contributed by atoms with Crippen LogP contribution >= 0.6 is 12.6 Å². The zero-order valence-corrected chi connectivity index (χ0v) is 7.11. The van der Waals surface area contributed by atoms with E-state index in [9.17, 15) is 8.78 Å². The van der Waals surface area contributed by atoms with Crippen molar-refractivity contribution < 1.29 is 13.9 Å². The number of thiol groups is 1. The van der Waals surface area contributed by atoms with E-state index in [2.05, 4.69) is 12.6 Å². The number of hydrogen-bond acceptors (Lipinski definition) is 2. The Labute approximate surface area is 74.4 Å². The van der Waals surface area contributed by atoms with Crippen LogP contribution < -0.4 is 0 Å². The second kappa shape index (κ2) is 3.76. The highest BCUT2D eigenvalue weighted by molar-refractivity contribution is 7.80. The molecule has 0 amide bonds. The Kier molecular flexibility index (Phi) is 2.92. The number of rotatable bonds is 2. The van der Waals surface area contributed by atoms with E-state index >= 15 is 0 Å². The Morgan fingerprint density at radius 3 is 2.58 bits per heavy atom. The first kappa shape index (κ1) is 9.32. The summed E-state index contributed by atoms with van der Waals surface area (Å²) in [5, 5.41) is 9.08. The minimum absolute atomic E-state index is 0.252. The predicted octanol–water partition coefficient (Wildman–Crippen LogP) is 2.14. The zero-order chi connectivity index (χ0) is 9.14. The minimum atomic E-state index is -0.924. The van der Waals surface area contributed by atoms with Crippen molar-refractivity contribution in [2.45, 2.75) is 6.42 Å². The molecule has 0 heterocycles. The van der Waals surface area contributed by atoms with E-state index in [4.69, 9.17) is 5.11 Å². The van der Waals surface area contributed by atoms with Crippen LogP contribution in [0.4, 0.5) is 8.78 Å². The quantitative estimate of drug-likeness (QED) is 0.684. The summed E-state index contributed by atoms with van der Waals surface area (Å²) in [4.78, 5) is 0. The SMILES string of the molecule is Oc1c(F)cc(F)cc1CCS. The van der Waals surface area contributed by atoms with E-state index in [0.717, 1.165) is 6.07 Å². The highest BCUT2D eigenvalue weighted by Gasteiger charge is 2.08. The second-order valence-corrected chi connectivity index (χ2v) is 2.82. The molecule has 0 unspecified atom stereocenters. The lowest BCUT2D eigenvalue weighted by Crippen LogP contribution is -1.91. The lowest BCUT2D eigenvalue weighted by Gasteiger charge is -2.03. The lowest BCUT2D eigenvalue weighted by molar-refractivity contribution is 0.422. The fourth-order valence-electron chi connectivity index (χ4n) is 0.930. The Morgan fingerprint density at radius 2 is 2.00 bits per heavy atom. The molecule has 1 aromatic rings. The van der Waals surface area contributed by atoms with Gasteiger partial charge in [-0.25, -0.2) is 8.78 Å². The number of hydrogen-bond donors (Lipinski definition) is 2. The van der Waals surface area contributed by atoms with Crippen LogP contribution in [0, 0.1) is 11.6 Å². The fourth-order valence-corrected chi connectivity index (χ4v) is 1.17. The van der Waals surface area contributed by atoms with Gasteiger partial charge in [0, 0.05) is 11.6 Å². The van der Waals surface area contributed by atoms with Crippen LogP contribution in [-0.4, -0.2) is 10.9 Å². The highest BCUT2D eigenvalue weighted by atomic mass is 32.1. The van der Waals surface area contributed by atoms with Crippen LogP contribution in [0.15, 0.2) is 12.1 Å². The number of phenols is 1. The van der Waals surface area contributed by atoms with E-state index < -0.39 is 17.4 Å². The van der Waals surface area contributed by atoms with Crippen LogP contribution in [0.5, 0.6) is 5.75 Å². The standard InChI is InChI=1S/C8H8F2OS/c9-6-3-5(1-2-12)8(11)7(10)4-6/h3-4,11-12H,1-2H2. The van der Waals surface area contributed by atoms with Crippen LogP contribution in [0.2, 0.25) is 0 Å². The molecule has 0 aliphatic heterocycles. The molecule has 0 fully saturated rings. The van der Waals surface area contributed by atoms with Gasteiger partial charge in [-0.15, -0.1) is 0 Å². The summed E-state index contributed by atoms with van der Waals surface area (Å²) in [6.45, 7) is 0. The smallest absolute Gasteiger partial charge is 0.168 e. The van der Waals surface area contributed by atoms with Crippen molar-refractivity contribution in [2.24, 2.45) is 0 Å². The van der Waals surface area contributed by atoms with Gasteiger partial charge in [0.15, 0.2) is 11.6 Å². The molecule has 66 valence electrons. The predicted molar refractivity (Wildman–Crippen MR) is 45.6 cm³/mol. The van der Waals surface area contributed by atoms with Crippen LogP contribution in [0.3, 0.4) is 0 Å². The van der Waals surface area contributed by atoms with Crippen molar-refractivity contribution in [1.82, 2.24) is 0 Å². The van der Waals surface area contributed by atoms with Gasteiger partial charge in [-0.3, -0.25) is 0 Å². The number of aromatic hydroxyl groups is 1. The molecule has 1 rings (SSSR count). The molecule has 0 aliphatic carbocycles. The van der Waals surface area contributed by atoms with Gasteiger partial charge in [0.25, 0.3) is 0 Å². The fraction of sp³-hybridized carbons (Fsp3) is 0.250. The van der Waals surface area contributed by atoms with Crippen molar-refractivity contribution in [1.29, 1.82) is 0 Å². The summed E-state index contributed by atoms with van der Waals surface area (Å²) in [5.41, 5.74) is 0.252. The summed E-state index contributed by atoms with van der Waals surface area (Å²) >= 11 is 3.89. The number of phenolic OH excluding ortho intramolecular Hbond substituents is 1. The molecule has 0 aliphatic rings. The second-order valence-electron chi connectivity index (χ2n) is 2.37. The summed E-state index contributed by atoms with van der Waals surface area (Å²) < 4.78 is 25.2. The van der Waals surface area contributed by atoms with Crippen molar-refractivity contribution in [2.75, 3.05) is 5.75 Å². The van der Waals surface area contributed by atoms with Crippen molar-refractivity contribution in [3.63, 3.8) is 0 Å². The molecule has 0 bridgehead atoms. The van der Waals surface area contributed by atoms with E-state index in [-0.39, 0.29) is 5.56 Å². The third kappa shape index (κ3) is 1.88. The van der Waals surface area contributed by atoms with E-state index in [1.54, 1.807) is 0 Å². The molecule has 0 saturated carbocycles. The highest BCUT2D eigenvalue weighted by Crippen LogP contribution is 2.23. The average Bonchev–Trinajstić information content (AvgIpc) is 2.00. The molecular weight excluding hydrogens is 182 g/mol. The van der Waals surface area contributed by atoms with Crippen LogP contribution in [0.25, 0.3) is 0 Å². The molecular formula is C8H8F2OS. The lowest BCUT2D eigenvalue weighted by atomic mass is 10.1. The molecule has 1 N–H and O–H groups in total. The van der Waals surface area contributed by atoms with E-state index in [0.29, 0.717) is 18.2 Å². The molecule has 0 aromatic heterocycles. The normalized spacial score (nSPS) is 10.2. The van der Waals surface area contributed by atoms with Gasteiger partial charge in [-0.2, -0.15) is 12.6 Å². The van der Waals surface area contributed by atoms with E-state index in [1.165, 1.54) is 0 Å². The van der Waals surface area contributed by atoms with Crippen LogP contribution in [-0.2, 0) is 6.42 Å². The maximum atomic E-state index is 12.6. The third-order valence-corrected chi connectivity index (χ3v) is 1.71. The molecule has 1 nitrogen and oxygen atoms in total. The van der Waals surface area contributed by atoms with E-state index in [1.807, 2.05) is 0 Å². The molecule has 0 radical (unpaired) electrons. The molecule has 12 heavy (non-hydrogen) atoms. The zero-order valence-electron chi connectivity index (χ0n) is 6.22. The van der Waals surface area contributed by atoms with Gasteiger partial charge in [-0.1, -0.05) is 0 Å². The average molecular weight is 190 g/mol. The topological polar surface area (TPSA) is 20.2 Å². The monoisotopic (exact) mass is 190 g/mol. The van der Waals surface area contributed by atoms with Crippen molar-refractivity contribution in [3.05, 3.63) is 29.3 Å².